The molecule has 0 radical (unpaired) electrons. The maximum Gasteiger partial charge on any atom is 0.226 e. The van der Waals surface area contributed by atoms with Gasteiger partial charge in [-0.2, -0.15) is 0 Å². The zero-order chi connectivity index (χ0) is 13.2. The lowest BCUT2D eigenvalue weighted by Gasteiger charge is -2.27. The van der Waals surface area contributed by atoms with Crippen molar-refractivity contribution < 1.29 is 4.79 Å². The SMILES string of the molecule is CC(NC(=O)C1CNC1)c1ccc2ccccc2c1. The summed E-state index contributed by atoms with van der Waals surface area (Å²) in [5.74, 6) is 0.294. The van der Waals surface area contributed by atoms with E-state index in [1.165, 1.54) is 10.8 Å². The molecule has 19 heavy (non-hydrogen) atoms. The summed E-state index contributed by atoms with van der Waals surface area (Å²) in [4.78, 5) is 11.9. The van der Waals surface area contributed by atoms with E-state index in [-0.39, 0.29) is 17.9 Å². The second kappa shape index (κ2) is 5.02. The van der Waals surface area contributed by atoms with Crippen molar-refractivity contribution in [1.82, 2.24) is 10.6 Å². The average molecular weight is 254 g/mol. The number of hydrogen-bond acceptors (Lipinski definition) is 2. The van der Waals surface area contributed by atoms with Crippen molar-refractivity contribution in [2.45, 2.75) is 13.0 Å². The van der Waals surface area contributed by atoms with Gasteiger partial charge in [-0.3, -0.25) is 4.79 Å². The minimum Gasteiger partial charge on any atom is -0.349 e. The van der Waals surface area contributed by atoms with Crippen molar-refractivity contribution in [1.29, 1.82) is 0 Å². The molecule has 0 aromatic heterocycles. The minimum absolute atomic E-state index is 0.0534. The molecular weight excluding hydrogens is 236 g/mol. The number of carbonyl (C=O) groups excluding carboxylic acids is 1. The van der Waals surface area contributed by atoms with Gasteiger partial charge in [-0.25, -0.2) is 0 Å². The van der Waals surface area contributed by atoms with E-state index in [1.54, 1.807) is 0 Å². The average Bonchev–Trinajstić information content (AvgIpc) is 2.36. The molecule has 3 rings (SSSR count). The lowest BCUT2D eigenvalue weighted by atomic mass is 10.00. The van der Waals surface area contributed by atoms with Crippen LogP contribution in [0, 0.1) is 5.92 Å². The van der Waals surface area contributed by atoms with Crippen LogP contribution in [0.3, 0.4) is 0 Å². The zero-order valence-electron chi connectivity index (χ0n) is 11.0. The van der Waals surface area contributed by atoms with Crippen LogP contribution in [-0.4, -0.2) is 19.0 Å². The molecule has 0 aliphatic carbocycles. The lowest BCUT2D eigenvalue weighted by Crippen LogP contribution is -2.51. The van der Waals surface area contributed by atoms with Gasteiger partial charge in [-0.15, -0.1) is 0 Å². The zero-order valence-corrected chi connectivity index (χ0v) is 11.0. The van der Waals surface area contributed by atoms with Gasteiger partial charge in [-0.05, 0) is 29.3 Å². The fraction of sp³-hybridized carbons (Fsp3) is 0.312. The van der Waals surface area contributed by atoms with Crippen LogP contribution < -0.4 is 10.6 Å². The summed E-state index contributed by atoms with van der Waals surface area (Å²) >= 11 is 0. The number of nitrogens with one attached hydrogen (secondary N) is 2. The Bertz CT molecular complexity index is 604. The summed E-state index contributed by atoms with van der Waals surface area (Å²) in [5.41, 5.74) is 1.15. The Morgan fingerprint density at radius 3 is 2.63 bits per heavy atom. The maximum absolute atomic E-state index is 11.9. The highest BCUT2D eigenvalue weighted by molar-refractivity contribution is 5.84. The molecule has 1 saturated heterocycles. The van der Waals surface area contributed by atoms with Crippen LogP contribution in [0.4, 0.5) is 0 Å². The molecule has 1 aliphatic heterocycles. The van der Waals surface area contributed by atoms with Gasteiger partial charge in [0.1, 0.15) is 0 Å². The van der Waals surface area contributed by atoms with E-state index in [2.05, 4.69) is 41.0 Å². The predicted molar refractivity (Wildman–Crippen MR) is 76.9 cm³/mol. The standard InChI is InChI=1S/C16H18N2O/c1-11(18-16(19)15-9-17-10-15)13-7-6-12-4-2-3-5-14(12)8-13/h2-8,11,15,17H,9-10H2,1H3,(H,18,19). The number of rotatable bonds is 3. The van der Waals surface area contributed by atoms with Crippen LogP contribution in [0.25, 0.3) is 10.8 Å². The van der Waals surface area contributed by atoms with Crippen LogP contribution >= 0.6 is 0 Å². The summed E-state index contributed by atoms with van der Waals surface area (Å²) in [7, 11) is 0. The molecular formula is C16H18N2O. The van der Waals surface area contributed by atoms with E-state index in [4.69, 9.17) is 0 Å². The first kappa shape index (κ1) is 12.2. The molecule has 3 nitrogen and oxygen atoms in total. The third-order valence-electron chi connectivity index (χ3n) is 3.78. The van der Waals surface area contributed by atoms with Crippen molar-refractivity contribution in [3.05, 3.63) is 48.0 Å². The fourth-order valence-corrected chi connectivity index (χ4v) is 2.37. The highest BCUT2D eigenvalue weighted by atomic mass is 16.2. The van der Waals surface area contributed by atoms with Crippen LogP contribution in [0.1, 0.15) is 18.5 Å². The molecule has 2 N–H and O–H groups in total. The van der Waals surface area contributed by atoms with E-state index in [9.17, 15) is 4.79 Å². The fourth-order valence-electron chi connectivity index (χ4n) is 2.37. The van der Waals surface area contributed by atoms with E-state index >= 15 is 0 Å². The Kier molecular flexibility index (Phi) is 3.22. The van der Waals surface area contributed by atoms with E-state index in [1.807, 2.05) is 19.1 Å². The third-order valence-corrected chi connectivity index (χ3v) is 3.78. The predicted octanol–water partition coefficient (Wildman–Crippen LogP) is 2.24. The van der Waals surface area contributed by atoms with Crippen LogP contribution in [0.2, 0.25) is 0 Å². The molecule has 0 saturated carbocycles. The third kappa shape index (κ3) is 2.47. The number of amides is 1. The van der Waals surface area contributed by atoms with Crippen molar-refractivity contribution >= 4 is 16.7 Å². The van der Waals surface area contributed by atoms with Gasteiger partial charge < -0.3 is 10.6 Å². The summed E-state index contributed by atoms with van der Waals surface area (Å²) in [6.07, 6.45) is 0. The van der Waals surface area contributed by atoms with Crippen molar-refractivity contribution in [3.63, 3.8) is 0 Å². The Labute approximate surface area is 113 Å². The number of fused-ring (bicyclic) bond motifs is 1. The molecule has 1 aliphatic rings. The summed E-state index contributed by atoms with van der Waals surface area (Å²) < 4.78 is 0. The van der Waals surface area contributed by atoms with Gasteiger partial charge >= 0.3 is 0 Å². The van der Waals surface area contributed by atoms with Gasteiger partial charge in [0.15, 0.2) is 0 Å². The van der Waals surface area contributed by atoms with Gasteiger partial charge in [0.25, 0.3) is 0 Å². The molecule has 98 valence electrons. The molecule has 2 aromatic rings. The van der Waals surface area contributed by atoms with Crippen LogP contribution in [-0.2, 0) is 4.79 Å². The number of benzene rings is 2. The second-order valence-electron chi connectivity index (χ2n) is 5.19. The van der Waals surface area contributed by atoms with Crippen LogP contribution in [0.5, 0.6) is 0 Å². The summed E-state index contributed by atoms with van der Waals surface area (Å²) in [5, 5.41) is 8.65. The summed E-state index contributed by atoms with van der Waals surface area (Å²) in [6.45, 7) is 3.64. The monoisotopic (exact) mass is 254 g/mol. The van der Waals surface area contributed by atoms with E-state index in [0.29, 0.717) is 0 Å². The van der Waals surface area contributed by atoms with Crippen LogP contribution in [0.15, 0.2) is 42.5 Å². The lowest BCUT2D eigenvalue weighted by molar-refractivity contribution is -0.127. The second-order valence-corrected chi connectivity index (χ2v) is 5.19. The minimum atomic E-state index is 0.0534. The first-order chi connectivity index (χ1) is 9.24. The first-order valence-electron chi connectivity index (χ1n) is 6.74. The van der Waals surface area contributed by atoms with Gasteiger partial charge in [0, 0.05) is 13.1 Å². The number of carbonyl (C=O) groups is 1. The Morgan fingerprint density at radius 2 is 1.95 bits per heavy atom. The van der Waals surface area contributed by atoms with Crippen molar-refractivity contribution in [2.75, 3.05) is 13.1 Å². The van der Waals surface area contributed by atoms with Crippen molar-refractivity contribution in [2.24, 2.45) is 5.92 Å². The quantitative estimate of drug-likeness (QED) is 0.882. The highest BCUT2D eigenvalue weighted by Crippen LogP contribution is 2.20. The topological polar surface area (TPSA) is 41.1 Å². The molecule has 0 spiro atoms. The largest absolute Gasteiger partial charge is 0.349 e. The highest BCUT2D eigenvalue weighted by Gasteiger charge is 2.25. The normalized spacial score (nSPS) is 16.9. The first-order valence-corrected chi connectivity index (χ1v) is 6.74. The molecule has 3 heteroatoms. The Balaban J connectivity index is 1.77. The molecule has 1 heterocycles. The molecule has 1 unspecified atom stereocenters. The molecule has 1 amide bonds. The molecule has 1 atom stereocenters. The van der Waals surface area contributed by atoms with Gasteiger partial charge in [-0.1, -0.05) is 36.4 Å². The molecule has 2 aromatic carbocycles. The van der Waals surface area contributed by atoms with Gasteiger partial charge in [0.2, 0.25) is 5.91 Å². The van der Waals surface area contributed by atoms with Crippen molar-refractivity contribution in [3.8, 4) is 0 Å². The van der Waals surface area contributed by atoms with Gasteiger partial charge in [0.05, 0.1) is 12.0 Å². The summed E-state index contributed by atoms with van der Waals surface area (Å²) in [6, 6.07) is 14.7. The van der Waals surface area contributed by atoms with E-state index < -0.39 is 0 Å². The molecule has 0 bridgehead atoms. The Hall–Kier alpha value is -1.87. The maximum atomic E-state index is 11.9. The molecule has 1 fully saturated rings. The Morgan fingerprint density at radius 1 is 1.21 bits per heavy atom. The number of hydrogen-bond donors (Lipinski definition) is 2. The van der Waals surface area contributed by atoms with E-state index in [0.717, 1.165) is 18.7 Å². The smallest absolute Gasteiger partial charge is 0.226 e.